The maximum absolute atomic E-state index is 13.6. The summed E-state index contributed by atoms with van der Waals surface area (Å²) in [5, 5.41) is 9.93. The average Bonchev–Trinajstić information content (AvgIpc) is 3.69. The first kappa shape index (κ1) is 27.1. The number of alkyl halides is 3. The van der Waals surface area contributed by atoms with Gasteiger partial charge in [-0.2, -0.15) is 13.2 Å². The lowest BCUT2D eigenvalue weighted by Crippen LogP contribution is -2.46. The minimum atomic E-state index is -4.84. The van der Waals surface area contributed by atoms with Gasteiger partial charge in [0, 0.05) is 24.1 Å². The monoisotopic (exact) mass is 520 g/mol. The molecule has 0 bridgehead atoms. The zero-order valence-corrected chi connectivity index (χ0v) is 20.7. The highest BCUT2D eigenvalue weighted by atomic mass is 19.4. The van der Waals surface area contributed by atoms with Crippen molar-refractivity contribution in [3.8, 4) is 0 Å². The smallest absolute Gasteiger partial charge is 0.376 e. The van der Waals surface area contributed by atoms with E-state index in [1.807, 2.05) is 4.90 Å². The molecule has 0 saturated heterocycles. The van der Waals surface area contributed by atoms with Crippen molar-refractivity contribution in [2.45, 2.75) is 87.6 Å². The number of aliphatic hydroxyl groups is 1. The number of halogens is 4. The summed E-state index contributed by atoms with van der Waals surface area (Å²) >= 11 is 0. The summed E-state index contributed by atoms with van der Waals surface area (Å²) < 4.78 is 53.2. The molecule has 2 saturated carbocycles. The quantitative estimate of drug-likeness (QED) is 0.461. The number of carbonyl (C=O) groups excluding carboxylic acids is 2. The molecular formula is C28H32F4N2O3. The molecule has 3 N–H and O–H groups in total. The van der Waals surface area contributed by atoms with Crippen molar-refractivity contribution in [3.63, 3.8) is 0 Å². The molecule has 0 unspecified atom stereocenters. The zero-order valence-electron chi connectivity index (χ0n) is 20.7. The molecule has 0 spiro atoms. The van der Waals surface area contributed by atoms with Gasteiger partial charge in [0.05, 0.1) is 0 Å². The van der Waals surface area contributed by atoms with Crippen LogP contribution < -0.4 is 5.73 Å². The minimum Gasteiger partial charge on any atom is -0.376 e. The number of hydrogen-bond acceptors (Lipinski definition) is 3. The maximum atomic E-state index is 13.6. The molecule has 2 fully saturated rings. The SMILES string of the molecule is C[C@](O)(c1ccc(C(=O)N(C2CC2)C2CCC(CCC(N)=O)(c3ccc(F)cc3)CC2)cc1)C(F)(F)F. The van der Waals surface area contributed by atoms with E-state index in [-0.39, 0.29) is 46.8 Å². The lowest BCUT2D eigenvalue weighted by Gasteiger charge is -2.44. The van der Waals surface area contributed by atoms with Crippen LogP contribution >= 0.6 is 0 Å². The highest BCUT2D eigenvalue weighted by Crippen LogP contribution is 2.46. The Morgan fingerprint density at radius 3 is 2.00 bits per heavy atom. The van der Waals surface area contributed by atoms with Gasteiger partial charge in [0.1, 0.15) is 5.82 Å². The fourth-order valence-corrected chi connectivity index (χ4v) is 5.51. The number of nitrogens with zero attached hydrogens (tertiary/aromatic N) is 1. The fraction of sp³-hybridized carbons (Fsp3) is 0.500. The number of primary amides is 1. The van der Waals surface area contributed by atoms with Crippen LogP contribution in [0.4, 0.5) is 17.6 Å². The molecule has 0 radical (unpaired) electrons. The second-order valence-electron chi connectivity index (χ2n) is 10.6. The normalized spacial score (nSPS) is 23.8. The van der Waals surface area contributed by atoms with Crippen LogP contribution in [0.2, 0.25) is 0 Å². The van der Waals surface area contributed by atoms with Crippen LogP contribution in [0.5, 0.6) is 0 Å². The summed E-state index contributed by atoms with van der Waals surface area (Å²) in [4.78, 5) is 26.9. The van der Waals surface area contributed by atoms with E-state index >= 15 is 0 Å². The predicted molar refractivity (Wildman–Crippen MR) is 130 cm³/mol. The van der Waals surface area contributed by atoms with Crippen LogP contribution in [0.3, 0.4) is 0 Å². The summed E-state index contributed by atoms with van der Waals surface area (Å²) in [7, 11) is 0. The van der Waals surface area contributed by atoms with Gasteiger partial charge in [-0.25, -0.2) is 4.39 Å². The van der Waals surface area contributed by atoms with Crippen LogP contribution in [0, 0.1) is 5.82 Å². The Morgan fingerprint density at radius 2 is 1.51 bits per heavy atom. The van der Waals surface area contributed by atoms with E-state index in [1.165, 1.54) is 24.3 Å². The molecule has 0 heterocycles. The molecule has 2 aromatic carbocycles. The van der Waals surface area contributed by atoms with Crippen LogP contribution in [0.15, 0.2) is 48.5 Å². The van der Waals surface area contributed by atoms with Crippen molar-refractivity contribution in [1.29, 1.82) is 0 Å². The standard InChI is InChI=1S/C28H32F4N2O3/c1-26(37,28(30,31)32)19-4-2-18(3-5-19)25(36)34(22-10-11-22)23-12-15-27(16-13-23,17-14-24(33)35)20-6-8-21(29)9-7-20/h2-9,22-23,37H,10-17H2,1H3,(H2,33,35)/t23?,26-,27?/m0/s1. The molecule has 0 aromatic heterocycles. The lowest BCUT2D eigenvalue weighted by atomic mass is 9.65. The van der Waals surface area contributed by atoms with E-state index in [1.54, 1.807) is 12.1 Å². The van der Waals surface area contributed by atoms with Crippen molar-refractivity contribution >= 4 is 11.8 Å². The summed E-state index contributed by atoms with van der Waals surface area (Å²) in [6, 6.07) is 11.3. The molecule has 2 aromatic rings. The maximum Gasteiger partial charge on any atom is 0.421 e. The summed E-state index contributed by atoms with van der Waals surface area (Å²) in [5.74, 6) is -0.973. The molecule has 5 nitrogen and oxygen atoms in total. The van der Waals surface area contributed by atoms with Gasteiger partial charge in [-0.1, -0.05) is 24.3 Å². The average molecular weight is 521 g/mol. The minimum absolute atomic E-state index is 0.0555. The van der Waals surface area contributed by atoms with E-state index < -0.39 is 17.7 Å². The first-order valence-corrected chi connectivity index (χ1v) is 12.6. The van der Waals surface area contributed by atoms with Crippen LogP contribution in [0.1, 0.15) is 79.8 Å². The Balaban J connectivity index is 1.52. The number of hydrogen-bond donors (Lipinski definition) is 2. The molecule has 200 valence electrons. The second kappa shape index (κ2) is 10.1. The summed E-state index contributed by atoms with van der Waals surface area (Å²) in [5.41, 5.74) is 2.97. The molecule has 0 aliphatic heterocycles. The van der Waals surface area contributed by atoms with Crippen LogP contribution in [-0.2, 0) is 15.8 Å². The van der Waals surface area contributed by atoms with Crippen molar-refractivity contribution in [3.05, 3.63) is 71.0 Å². The second-order valence-corrected chi connectivity index (χ2v) is 10.6. The molecule has 37 heavy (non-hydrogen) atoms. The molecule has 9 heteroatoms. The first-order valence-electron chi connectivity index (χ1n) is 12.6. The third-order valence-corrected chi connectivity index (χ3v) is 8.03. The van der Waals surface area contributed by atoms with E-state index in [0.29, 0.717) is 39.0 Å². The molecule has 2 amide bonds. The largest absolute Gasteiger partial charge is 0.421 e. The Morgan fingerprint density at radius 1 is 0.973 bits per heavy atom. The van der Waals surface area contributed by atoms with E-state index in [9.17, 15) is 32.3 Å². The van der Waals surface area contributed by atoms with Crippen molar-refractivity contribution < 1.29 is 32.3 Å². The third kappa shape index (κ3) is 5.66. The number of amides is 2. The molecule has 2 aliphatic rings. The van der Waals surface area contributed by atoms with Gasteiger partial charge >= 0.3 is 6.18 Å². The van der Waals surface area contributed by atoms with Gasteiger partial charge < -0.3 is 15.7 Å². The van der Waals surface area contributed by atoms with Crippen molar-refractivity contribution in [1.82, 2.24) is 4.90 Å². The van der Waals surface area contributed by atoms with Gasteiger partial charge in [-0.3, -0.25) is 9.59 Å². The number of benzene rings is 2. The first-order chi connectivity index (χ1) is 17.3. The van der Waals surface area contributed by atoms with Crippen molar-refractivity contribution in [2.75, 3.05) is 0 Å². The fourth-order valence-electron chi connectivity index (χ4n) is 5.51. The van der Waals surface area contributed by atoms with Gasteiger partial charge in [-0.15, -0.1) is 0 Å². The van der Waals surface area contributed by atoms with Gasteiger partial charge in [0.25, 0.3) is 5.91 Å². The Labute approximate surface area is 213 Å². The molecular weight excluding hydrogens is 488 g/mol. The van der Waals surface area contributed by atoms with E-state index in [4.69, 9.17) is 5.73 Å². The van der Waals surface area contributed by atoms with E-state index in [2.05, 4.69) is 0 Å². The molecule has 2 aliphatic carbocycles. The Bertz CT molecular complexity index is 1120. The number of rotatable bonds is 8. The lowest BCUT2D eigenvalue weighted by molar-refractivity contribution is -0.258. The summed E-state index contributed by atoms with van der Waals surface area (Å²) in [6.45, 7) is 0.688. The number of nitrogens with two attached hydrogens (primary N) is 1. The zero-order chi connectivity index (χ0) is 27.0. The number of carbonyl (C=O) groups is 2. The summed E-state index contributed by atoms with van der Waals surface area (Å²) in [6.07, 6.45) is 0.396. The highest BCUT2D eigenvalue weighted by molar-refractivity contribution is 5.95. The molecule has 1 atom stereocenters. The van der Waals surface area contributed by atoms with E-state index in [0.717, 1.165) is 30.5 Å². The van der Waals surface area contributed by atoms with Crippen LogP contribution in [-0.4, -0.2) is 40.1 Å². The Hall–Kier alpha value is -2.94. The van der Waals surface area contributed by atoms with Crippen molar-refractivity contribution in [2.24, 2.45) is 5.73 Å². The predicted octanol–water partition coefficient (Wildman–Crippen LogP) is 5.35. The highest BCUT2D eigenvalue weighted by Gasteiger charge is 2.51. The van der Waals surface area contributed by atoms with Gasteiger partial charge in [0.15, 0.2) is 5.60 Å². The van der Waals surface area contributed by atoms with Crippen LogP contribution in [0.25, 0.3) is 0 Å². The Kier molecular flexibility index (Phi) is 7.38. The topological polar surface area (TPSA) is 83.6 Å². The molecule has 4 rings (SSSR count). The van der Waals surface area contributed by atoms with Gasteiger partial charge in [-0.05, 0) is 92.7 Å². The third-order valence-electron chi connectivity index (χ3n) is 8.03. The van der Waals surface area contributed by atoms with Gasteiger partial charge in [0.2, 0.25) is 5.91 Å².